The van der Waals surface area contributed by atoms with E-state index in [-0.39, 0.29) is 18.2 Å². The Morgan fingerprint density at radius 1 is 1.42 bits per heavy atom. The first kappa shape index (κ1) is 15.7. The van der Waals surface area contributed by atoms with Crippen molar-refractivity contribution in [1.29, 1.82) is 0 Å². The molecule has 0 bridgehead atoms. The summed E-state index contributed by atoms with van der Waals surface area (Å²) >= 11 is 3.31. The zero-order valence-electron chi connectivity index (χ0n) is 11.2. The van der Waals surface area contributed by atoms with Gasteiger partial charge >= 0.3 is 5.97 Å². The van der Waals surface area contributed by atoms with Gasteiger partial charge < -0.3 is 10.4 Å². The lowest BCUT2D eigenvalue weighted by atomic mass is 9.85. The Morgan fingerprint density at radius 3 is 2.53 bits per heavy atom. The maximum absolute atomic E-state index is 12.2. The quantitative estimate of drug-likeness (QED) is 0.873. The lowest BCUT2D eigenvalue weighted by Crippen LogP contribution is -2.51. The number of carbonyl (C=O) groups excluding carboxylic acids is 1. The van der Waals surface area contributed by atoms with E-state index in [0.717, 1.165) is 4.47 Å². The smallest absolute Gasteiger partial charge is 0.305 e. The molecule has 0 saturated heterocycles. The molecule has 5 heteroatoms. The van der Waals surface area contributed by atoms with Gasteiger partial charge in [0.05, 0.1) is 12.0 Å². The van der Waals surface area contributed by atoms with Gasteiger partial charge in [0.25, 0.3) is 5.91 Å². The van der Waals surface area contributed by atoms with Crippen LogP contribution < -0.4 is 5.32 Å². The second-order valence-corrected chi connectivity index (χ2v) is 6.02. The number of carboxylic acids is 1. The monoisotopic (exact) mass is 327 g/mol. The molecule has 0 radical (unpaired) electrons. The van der Waals surface area contributed by atoms with Crippen LogP contribution in [0, 0.1) is 5.92 Å². The van der Waals surface area contributed by atoms with Crippen LogP contribution in [0.2, 0.25) is 0 Å². The molecule has 1 rings (SSSR count). The highest BCUT2D eigenvalue weighted by atomic mass is 79.9. The van der Waals surface area contributed by atoms with E-state index in [1.807, 2.05) is 19.9 Å². The van der Waals surface area contributed by atoms with Gasteiger partial charge in [-0.3, -0.25) is 9.59 Å². The molecule has 104 valence electrons. The molecule has 0 aliphatic carbocycles. The summed E-state index contributed by atoms with van der Waals surface area (Å²) in [4.78, 5) is 23.1. The Balaban J connectivity index is 2.91. The molecule has 19 heavy (non-hydrogen) atoms. The number of halogens is 1. The summed E-state index contributed by atoms with van der Waals surface area (Å²) < 4.78 is 0.810. The molecule has 0 fully saturated rings. The SMILES string of the molecule is CC(C)C(C)(CC(=O)O)NC(=O)c1cccc(Br)c1. The fourth-order valence-corrected chi connectivity index (χ4v) is 2.07. The molecule has 1 unspecified atom stereocenters. The zero-order chi connectivity index (χ0) is 14.6. The second kappa shape index (κ2) is 6.19. The highest BCUT2D eigenvalue weighted by Crippen LogP contribution is 2.22. The first-order chi connectivity index (χ1) is 8.74. The van der Waals surface area contributed by atoms with Crippen LogP contribution in [0.4, 0.5) is 0 Å². The van der Waals surface area contributed by atoms with Crippen molar-refractivity contribution in [2.24, 2.45) is 5.92 Å². The summed E-state index contributed by atoms with van der Waals surface area (Å²) in [7, 11) is 0. The van der Waals surface area contributed by atoms with E-state index in [1.54, 1.807) is 25.1 Å². The molecule has 0 aromatic heterocycles. The van der Waals surface area contributed by atoms with Gasteiger partial charge in [0.15, 0.2) is 0 Å². The summed E-state index contributed by atoms with van der Waals surface area (Å²) in [5, 5.41) is 11.8. The fourth-order valence-electron chi connectivity index (χ4n) is 1.67. The lowest BCUT2D eigenvalue weighted by molar-refractivity contribution is -0.138. The Morgan fingerprint density at radius 2 is 2.05 bits per heavy atom. The van der Waals surface area contributed by atoms with E-state index < -0.39 is 11.5 Å². The Labute approximate surface area is 121 Å². The molecule has 1 atom stereocenters. The standard InChI is InChI=1S/C14H18BrNO3/c1-9(2)14(3,8-12(17)18)16-13(19)10-5-4-6-11(15)7-10/h4-7,9H,8H2,1-3H3,(H,16,19)(H,17,18). The van der Waals surface area contributed by atoms with Crippen molar-refractivity contribution >= 4 is 27.8 Å². The number of amides is 1. The van der Waals surface area contributed by atoms with E-state index in [1.165, 1.54) is 0 Å². The summed E-state index contributed by atoms with van der Waals surface area (Å²) in [5.41, 5.74) is -0.266. The predicted octanol–water partition coefficient (Wildman–Crippen LogP) is 3.07. The predicted molar refractivity (Wildman–Crippen MR) is 77.1 cm³/mol. The van der Waals surface area contributed by atoms with E-state index >= 15 is 0 Å². The molecule has 1 aromatic rings. The average Bonchev–Trinajstić information content (AvgIpc) is 2.27. The molecule has 0 aliphatic heterocycles. The summed E-state index contributed by atoms with van der Waals surface area (Å²) in [6.07, 6.45) is -0.107. The highest BCUT2D eigenvalue weighted by molar-refractivity contribution is 9.10. The van der Waals surface area contributed by atoms with Crippen LogP contribution >= 0.6 is 15.9 Å². The van der Waals surface area contributed by atoms with E-state index in [2.05, 4.69) is 21.2 Å². The largest absolute Gasteiger partial charge is 0.481 e. The fraction of sp³-hybridized carbons (Fsp3) is 0.429. The average molecular weight is 328 g/mol. The summed E-state index contributed by atoms with van der Waals surface area (Å²) in [5.74, 6) is -1.18. The number of benzene rings is 1. The molecule has 1 amide bonds. The van der Waals surface area contributed by atoms with Gasteiger partial charge in [0.2, 0.25) is 0 Å². The van der Waals surface area contributed by atoms with Gasteiger partial charge in [0, 0.05) is 10.0 Å². The number of rotatable bonds is 5. The van der Waals surface area contributed by atoms with Crippen LogP contribution in [-0.2, 0) is 4.79 Å². The van der Waals surface area contributed by atoms with Crippen molar-refractivity contribution in [3.05, 3.63) is 34.3 Å². The Bertz CT molecular complexity index is 487. The van der Waals surface area contributed by atoms with Crippen LogP contribution in [0.3, 0.4) is 0 Å². The van der Waals surface area contributed by atoms with Crippen molar-refractivity contribution in [2.75, 3.05) is 0 Å². The molecule has 0 aliphatic rings. The molecule has 0 saturated carbocycles. The normalized spacial score (nSPS) is 13.9. The van der Waals surface area contributed by atoms with Crippen LogP contribution in [0.5, 0.6) is 0 Å². The first-order valence-corrected chi connectivity index (χ1v) is 6.84. The van der Waals surface area contributed by atoms with Gasteiger partial charge in [-0.05, 0) is 31.0 Å². The molecule has 4 nitrogen and oxygen atoms in total. The van der Waals surface area contributed by atoms with Gasteiger partial charge in [-0.1, -0.05) is 35.8 Å². The van der Waals surface area contributed by atoms with Crippen LogP contribution in [0.15, 0.2) is 28.7 Å². The summed E-state index contributed by atoms with van der Waals surface area (Å²) in [6.45, 7) is 5.54. The van der Waals surface area contributed by atoms with Crippen molar-refractivity contribution in [1.82, 2.24) is 5.32 Å². The third-order valence-corrected chi connectivity index (χ3v) is 3.77. The molecule has 2 N–H and O–H groups in total. The van der Waals surface area contributed by atoms with Gasteiger partial charge in [-0.2, -0.15) is 0 Å². The first-order valence-electron chi connectivity index (χ1n) is 6.04. The van der Waals surface area contributed by atoms with Crippen LogP contribution in [0.25, 0.3) is 0 Å². The Hall–Kier alpha value is -1.36. The van der Waals surface area contributed by atoms with E-state index in [0.29, 0.717) is 5.56 Å². The number of aliphatic carboxylic acids is 1. The number of hydrogen-bond donors (Lipinski definition) is 2. The molecule has 0 spiro atoms. The lowest BCUT2D eigenvalue weighted by Gasteiger charge is -2.33. The number of nitrogens with one attached hydrogen (secondary N) is 1. The zero-order valence-corrected chi connectivity index (χ0v) is 12.8. The van der Waals surface area contributed by atoms with Gasteiger partial charge in [0.1, 0.15) is 0 Å². The second-order valence-electron chi connectivity index (χ2n) is 5.11. The van der Waals surface area contributed by atoms with Crippen molar-refractivity contribution in [3.63, 3.8) is 0 Å². The van der Waals surface area contributed by atoms with E-state index in [4.69, 9.17) is 5.11 Å². The van der Waals surface area contributed by atoms with E-state index in [9.17, 15) is 9.59 Å². The van der Waals surface area contributed by atoms with Crippen molar-refractivity contribution in [2.45, 2.75) is 32.7 Å². The third-order valence-electron chi connectivity index (χ3n) is 3.28. The Kier molecular flexibility index (Phi) is 5.11. The number of carbonyl (C=O) groups is 2. The van der Waals surface area contributed by atoms with Gasteiger partial charge in [-0.15, -0.1) is 0 Å². The summed E-state index contributed by atoms with van der Waals surface area (Å²) in [6, 6.07) is 7.00. The molecule has 1 aromatic carbocycles. The minimum atomic E-state index is -0.925. The van der Waals surface area contributed by atoms with Crippen LogP contribution in [-0.4, -0.2) is 22.5 Å². The minimum Gasteiger partial charge on any atom is -0.481 e. The van der Waals surface area contributed by atoms with Crippen LogP contribution in [0.1, 0.15) is 37.6 Å². The highest BCUT2D eigenvalue weighted by Gasteiger charge is 2.33. The molecular formula is C14H18BrNO3. The number of carboxylic acid groups (broad SMARTS) is 1. The van der Waals surface area contributed by atoms with Crippen molar-refractivity contribution in [3.8, 4) is 0 Å². The van der Waals surface area contributed by atoms with Gasteiger partial charge in [-0.25, -0.2) is 0 Å². The van der Waals surface area contributed by atoms with Crippen molar-refractivity contribution < 1.29 is 14.7 Å². The molecule has 0 heterocycles. The molecular weight excluding hydrogens is 310 g/mol. The number of hydrogen-bond acceptors (Lipinski definition) is 2. The third kappa shape index (κ3) is 4.35. The minimum absolute atomic E-state index is 0.0136. The topological polar surface area (TPSA) is 66.4 Å². The maximum Gasteiger partial charge on any atom is 0.305 e. The maximum atomic E-state index is 12.2.